The molecule has 1 aliphatic heterocycles. The molecule has 0 aromatic heterocycles. The summed E-state index contributed by atoms with van der Waals surface area (Å²) in [6, 6.07) is 7.19. The summed E-state index contributed by atoms with van der Waals surface area (Å²) in [5.41, 5.74) is 0.571. The number of aliphatic hydroxyl groups is 3. The van der Waals surface area contributed by atoms with Gasteiger partial charge in [-0.1, -0.05) is 30.3 Å². The van der Waals surface area contributed by atoms with Crippen LogP contribution in [-0.2, 0) is 20.5 Å². The maximum absolute atomic E-state index is 12.0. The van der Waals surface area contributed by atoms with E-state index < -0.39 is 34.6 Å². The normalized spacial score (nSPS) is 31.1. The minimum atomic E-state index is -3.78. The predicted molar refractivity (Wildman–Crippen MR) is 70.0 cm³/mol. The van der Waals surface area contributed by atoms with Crippen molar-refractivity contribution in [3.8, 4) is 0 Å². The van der Waals surface area contributed by atoms with E-state index in [-0.39, 0.29) is 12.4 Å². The highest BCUT2D eigenvalue weighted by Gasteiger charge is 2.40. The molecule has 0 unspecified atom stereocenters. The van der Waals surface area contributed by atoms with Crippen molar-refractivity contribution in [3.05, 3.63) is 35.9 Å². The standard InChI is InChI=1S/C12H17NO6S/c14-9-6-19-12(16)10(11(9)15)13-20(17,18)7-8-4-2-1-3-5-8/h1-5,9-16H,6-7H2/t9-,10-,11-,12+/m1/s1. The molecule has 0 radical (unpaired) electrons. The van der Waals surface area contributed by atoms with E-state index in [1.54, 1.807) is 30.3 Å². The zero-order valence-corrected chi connectivity index (χ0v) is 11.4. The second kappa shape index (κ2) is 6.17. The van der Waals surface area contributed by atoms with E-state index in [0.29, 0.717) is 5.56 Å². The largest absolute Gasteiger partial charge is 0.388 e. The SMILES string of the molecule is O=S(=O)(Cc1ccccc1)N[C@@H]1[C@H](O)[C@H](O)CO[C@@H]1O. The molecule has 1 aromatic rings. The van der Waals surface area contributed by atoms with Gasteiger partial charge in [-0.05, 0) is 5.56 Å². The molecule has 1 saturated heterocycles. The maximum Gasteiger partial charge on any atom is 0.216 e. The summed E-state index contributed by atoms with van der Waals surface area (Å²) in [4.78, 5) is 0. The fourth-order valence-electron chi connectivity index (χ4n) is 1.98. The smallest absolute Gasteiger partial charge is 0.216 e. The summed E-state index contributed by atoms with van der Waals surface area (Å²) in [6.45, 7) is -0.251. The molecule has 4 N–H and O–H groups in total. The summed E-state index contributed by atoms with van der Waals surface area (Å²) in [7, 11) is -3.78. The first-order valence-electron chi connectivity index (χ1n) is 6.09. The van der Waals surface area contributed by atoms with Crippen LogP contribution in [0.1, 0.15) is 5.56 Å². The summed E-state index contributed by atoms with van der Waals surface area (Å²) in [6.07, 6.45) is -4.17. The van der Waals surface area contributed by atoms with Gasteiger partial charge >= 0.3 is 0 Å². The maximum atomic E-state index is 12.0. The third-order valence-electron chi connectivity index (χ3n) is 3.02. The van der Waals surface area contributed by atoms with Gasteiger partial charge in [0.1, 0.15) is 18.2 Å². The van der Waals surface area contributed by atoms with Crippen LogP contribution in [0.25, 0.3) is 0 Å². The van der Waals surface area contributed by atoms with Crippen LogP contribution in [0.15, 0.2) is 30.3 Å². The average molecular weight is 303 g/mol. The highest BCUT2D eigenvalue weighted by Crippen LogP contribution is 2.16. The molecule has 2 rings (SSSR count). The van der Waals surface area contributed by atoms with Crippen LogP contribution in [0.3, 0.4) is 0 Å². The molecule has 1 heterocycles. The highest BCUT2D eigenvalue weighted by molar-refractivity contribution is 7.88. The molecule has 0 saturated carbocycles. The van der Waals surface area contributed by atoms with Crippen molar-refractivity contribution in [2.45, 2.75) is 30.3 Å². The number of sulfonamides is 1. The average Bonchev–Trinajstić information content (AvgIpc) is 2.40. The molecule has 0 amide bonds. The van der Waals surface area contributed by atoms with E-state index in [9.17, 15) is 23.7 Å². The third kappa shape index (κ3) is 3.75. The number of aliphatic hydroxyl groups excluding tert-OH is 3. The van der Waals surface area contributed by atoms with Crippen molar-refractivity contribution in [2.75, 3.05) is 6.61 Å². The van der Waals surface area contributed by atoms with Crippen molar-refractivity contribution >= 4 is 10.0 Å². The van der Waals surface area contributed by atoms with E-state index >= 15 is 0 Å². The van der Waals surface area contributed by atoms with Gasteiger partial charge in [0.2, 0.25) is 10.0 Å². The topological polar surface area (TPSA) is 116 Å². The quantitative estimate of drug-likeness (QED) is 0.540. The number of rotatable bonds is 4. The van der Waals surface area contributed by atoms with Crippen molar-refractivity contribution in [2.24, 2.45) is 0 Å². The first kappa shape index (κ1) is 15.4. The van der Waals surface area contributed by atoms with Crippen molar-refractivity contribution in [3.63, 3.8) is 0 Å². The van der Waals surface area contributed by atoms with E-state index in [2.05, 4.69) is 4.72 Å². The van der Waals surface area contributed by atoms with Crippen LogP contribution < -0.4 is 4.72 Å². The molecule has 8 heteroatoms. The van der Waals surface area contributed by atoms with Gasteiger partial charge < -0.3 is 20.1 Å². The van der Waals surface area contributed by atoms with Gasteiger partial charge in [-0.2, -0.15) is 0 Å². The van der Waals surface area contributed by atoms with E-state index in [4.69, 9.17) is 4.74 Å². The second-order valence-corrected chi connectivity index (χ2v) is 6.42. The monoisotopic (exact) mass is 303 g/mol. The van der Waals surface area contributed by atoms with Crippen LogP contribution in [0.5, 0.6) is 0 Å². The first-order valence-corrected chi connectivity index (χ1v) is 7.74. The van der Waals surface area contributed by atoms with Crippen LogP contribution >= 0.6 is 0 Å². The lowest BCUT2D eigenvalue weighted by atomic mass is 10.0. The molecule has 7 nitrogen and oxygen atoms in total. The molecule has 1 fully saturated rings. The van der Waals surface area contributed by atoms with E-state index in [1.165, 1.54) is 0 Å². The molecule has 0 spiro atoms. The summed E-state index contributed by atoms with van der Waals surface area (Å²) < 4.78 is 30.9. The molecule has 4 atom stereocenters. The van der Waals surface area contributed by atoms with Crippen molar-refractivity contribution in [1.82, 2.24) is 4.72 Å². The molecule has 0 aliphatic carbocycles. The van der Waals surface area contributed by atoms with E-state index in [0.717, 1.165) is 0 Å². The third-order valence-corrected chi connectivity index (χ3v) is 4.37. The van der Waals surface area contributed by atoms with Gasteiger partial charge in [-0.25, -0.2) is 13.1 Å². The van der Waals surface area contributed by atoms with Crippen molar-refractivity contribution in [1.29, 1.82) is 0 Å². The highest BCUT2D eigenvalue weighted by atomic mass is 32.2. The Bertz CT molecular complexity index is 534. The predicted octanol–water partition coefficient (Wildman–Crippen LogP) is -1.46. The van der Waals surface area contributed by atoms with Gasteiger partial charge in [0, 0.05) is 0 Å². The molecule has 1 aromatic carbocycles. The number of nitrogens with one attached hydrogen (secondary N) is 1. The van der Waals surface area contributed by atoms with Gasteiger partial charge in [-0.15, -0.1) is 0 Å². The number of ether oxygens (including phenoxy) is 1. The second-order valence-electron chi connectivity index (χ2n) is 4.67. The Labute approximate surface area is 116 Å². The zero-order valence-electron chi connectivity index (χ0n) is 10.6. The van der Waals surface area contributed by atoms with Gasteiger partial charge in [0.15, 0.2) is 6.29 Å². The van der Waals surface area contributed by atoms with Gasteiger partial charge in [-0.3, -0.25) is 0 Å². The fraction of sp³-hybridized carbons (Fsp3) is 0.500. The van der Waals surface area contributed by atoms with Gasteiger partial charge in [0.05, 0.1) is 12.4 Å². The Morgan fingerprint density at radius 3 is 2.50 bits per heavy atom. The van der Waals surface area contributed by atoms with Crippen molar-refractivity contribution < 1.29 is 28.5 Å². The Morgan fingerprint density at radius 1 is 1.20 bits per heavy atom. The van der Waals surface area contributed by atoms with Crippen LogP contribution in [0.2, 0.25) is 0 Å². The summed E-state index contributed by atoms with van der Waals surface area (Å²) in [5, 5.41) is 28.7. The Balaban J connectivity index is 2.07. The Kier molecular flexibility index (Phi) is 4.74. The molecule has 112 valence electrons. The van der Waals surface area contributed by atoms with Crippen LogP contribution in [-0.4, -0.2) is 54.9 Å². The lowest BCUT2D eigenvalue weighted by Crippen LogP contribution is -2.60. The molecular formula is C12H17NO6S. The molecule has 1 aliphatic rings. The first-order chi connectivity index (χ1) is 9.39. The van der Waals surface area contributed by atoms with E-state index in [1.807, 2.05) is 0 Å². The minimum absolute atomic E-state index is 0.251. The number of hydrogen-bond donors (Lipinski definition) is 4. The number of benzene rings is 1. The van der Waals surface area contributed by atoms with Crippen LogP contribution in [0, 0.1) is 0 Å². The minimum Gasteiger partial charge on any atom is -0.388 e. The molecular weight excluding hydrogens is 286 g/mol. The zero-order chi connectivity index (χ0) is 14.8. The lowest BCUT2D eigenvalue weighted by molar-refractivity contribution is -0.208. The fourth-order valence-corrected chi connectivity index (χ4v) is 3.36. The van der Waals surface area contributed by atoms with Crippen LogP contribution in [0.4, 0.5) is 0 Å². The Hall–Kier alpha value is -1.03. The lowest BCUT2D eigenvalue weighted by Gasteiger charge is -2.35. The summed E-state index contributed by atoms with van der Waals surface area (Å²) >= 11 is 0. The number of hydrogen-bond acceptors (Lipinski definition) is 6. The molecule has 20 heavy (non-hydrogen) atoms. The Morgan fingerprint density at radius 2 is 1.85 bits per heavy atom. The summed E-state index contributed by atoms with van der Waals surface area (Å²) in [5.74, 6) is -0.292. The molecule has 0 bridgehead atoms. The van der Waals surface area contributed by atoms with Gasteiger partial charge in [0.25, 0.3) is 0 Å².